The lowest BCUT2D eigenvalue weighted by molar-refractivity contribution is -0.155. The van der Waals surface area contributed by atoms with Crippen molar-refractivity contribution in [3.8, 4) is 0 Å². The molecule has 4 aliphatic carbocycles. The van der Waals surface area contributed by atoms with Crippen LogP contribution in [0.1, 0.15) is 58.3 Å². The molecule has 2 N–H and O–H groups in total. The molecule has 0 radical (unpaired) electrons. The van der Waals surface area contributed by atoms with Crippen molar-refractivity contribution in [3.05, 3.63) is 0 Å². The molecule has 0 spiro atoms. The van der Waals surface area contributed by atoms with Crippen molar-refractivity contribution in [2.45, 2.75) is 58.3 Å². The molecular formula is C18H28N2O4. The fourth-order valence-corrected chi connectivity index (χ4v) is 5.46. The molecule has 6 nitrogen and oxygen atoms in total. The number of hydrogen-bond donors (Lipinski definition) is 2. The van der Waals surface area contributed by atoms with Crippen LogP contribution in [0.25, 0.3) is 0 Å². The predicted molar refractivity (Wildman–Crippen MR) is 88.0 cm³/mol. The molecule has 4 bridgehead atoms. The van der Waals surface area contributed by atoms with Gasteiger partial charge in [-0.25, -0.2) is 4.79 Å². The average molecular weight is 336 g/mol. The second kappa shape index (κ2) is 7.11. The summed E-state index contributed by atoms with van der Waals surface area (Å²) in [7, 11) is 0. The Balaban J connectivity index is 1.41. The molecule has 3 amide bonds. The van der Waals surface area contributed by atoms with Crippen LogP contribution in [0.2, 0.25) is 0 Å². The van der Waals surface area contributed by atoms with Crippen LogP contribution in [0, 0.1) is 23.2 Å². The van der Waals surface area contributed by atoms with Crippen LogP contribution in [-0.2, 0) is 14.3 Å². The normalized spacial score (nSPS) is 33.1. The van der Waals surface area contributed by atoms with E-state index >= 15 is 0 Å². The fourth-order valence-electron chi connectivity index (χ4n) is 5.46. The molecule has 0 aromatic carbocycles. The van der Waals surface area contributed by atoms with E-state index in [2.05, 4.69) is 10.6 Å². The third kappa shape index (κ3) is 4.08. The summed E-state index contributed by atoms with van der Waals surface area (Å²) in [5.74, 6) is 1.47. The Kier molecular flexibility index (Phi) is 5.11. The first kappa shape index (κ1) is 17.2. The average Bonchev–Trinajstić information content (AvgIpc) is 2.49. The highest BCUT2D eigenvalue weighted by Crippen LogP contribution is 2.61. The molecule has 0 heterocycles. The van der Waals surface area contributed by atoms with Gasteiger partial charge in [0, 0.05) is 6.54 Å². The minimum Gasteiger partial charge on any atom is -0.456 e. The number of carbonyl (C=O) groups excluding carboxylic acids is 3. The second-order valence-corrected chi connectivity index (χ2v) is 8.06. The minimum absolute atomic E-state index is 0.112. The molecule has 0 atom stereocenters. The zero-order valence-corrected chi connectivity index (χ0v) is 14.4. The zero-order valence-electron chi connectivity index (χ0n) is 14.4. The highest BCUT2D eigenvalue weighted by Gasteiger charge is 2.51. The first-order valence-electron chi connectivity index (χ1n) is 9.21. The van der Waals surface area contributed by atoms with E-state index in [1.165, 1.54) is 19.3 Å². The second-order valence-electron chi connectivity index (χ2n) is 8.06. The first-order valence-corrected chi connectivity index (χ1v) is 9.21. The van der Waals surface area contributed by atoms with Crippen molar-refractivity contribution in [1.82, 2.24) is 10.6 Å². The standard InChI is InChI=1S/C18H28N2O4/c1-2-3-19-17(23)20-15(21)11-24-16(22)10-18-7-12-4-13(8-18)6-14(5-12)9-18/h12-14H,2-11H2,1H3,(H2,19,20,21,23). The molecule has 0 aliphatic heterocycles. The molecule has 134 valence electrons. The van der Waals surface area contributed by atoms with E-state index in [0.717, 1.165) is 43.4 Å². The van der Waals surface area contributed by atoms with Crippen LogP contribution in [0.5, 0.6) is 0 Å². The van der Waals surface area contributed by atoms with Gasteiger partial charge in [0.25, 0.3) is 5.91 Å². The SMILES string of the molecule is CCCNC(=O)NC(=O)COC(=O)CC12CC3CC(CC(C3)C1)C2. The van der Waals surface area contributed by atoms with E-state index in [1.54, 1.807) is 0 Å². The maximum atomic E-state index is 12.2. The van der Waals surface area contributed by atoms with Gasteiger partial charge in [0.05, 0.1) is 6.42 Å². The number of carbonyl (C=O) groups is 3. The van der Waals surface area contributed by atoms with Crippen LogP contribution in [0.3, 0.4) is 0 Å². The van der Waals surface area contributed by atoms with Crippen LogP contribution in [-0.4, -0.2) is 31.1 Å². The molecule has 24 heavy (non-hydrogen) atoms. The van der Waals surface area contributed by atoms with E-state index in [9.17, 15) is 14.4 Å². The molecule has 4 aliphatic rings. The molecule has 4 fully saturated rings. The Morgan fingerprint density at radius 2 is 1.62 bits per heavy atom. The van der Waals surface area contributed by atoms with Crippen molar-refractivity contribution in [3.63, 3.8) is 0 Å². The lowest BCUT2D eigenvalue weighted by Gasteiger charge is -2.56. The topological polar surface area (TPSA) is 84.5 Å². The van der Waals surface area contributed by atoms with Gasteiger partial charge in [-0.2, -0.15) is 0 Å². The van der Waals surface area contributed by atoms with Crippen LogP contribution in [0.15, 0.2) is 0 Å². The number of amides is 3. The van der Waals surface area contributed by atoms with Crippen LogP contribution < -0.4 is 10.6 Å². The summed E-state index contributed by atoms with van der Waals surface area (Å²) >= 11 is 0. The van der Waals surface area contributed by atoms with E-state index in [4.69, 9.17) is 4.74 Å². The van der Waals surface area contributed by atoms with Gasteiger partial charge in [0.1, 0.15) is 0 Å². The molecule has 0 aromatic heterocycles. The molecule has 0 aromatic rings. The highest BCUT2D eigenvalue weighted by atomic mass is 16.5. The number of hydrogen-bond acceptors (Lipinski definition) is 4. The van der Waals surface area contributed by atoms with Crippen LogP contribution in [0.4, 0.5) is 4.79 Å². The molecular weight excluding hydrogens is 308 g/mol. The Bertz CT molecular complexity index is 482. The predicted octanol–water partition coefficient (Wildman–Crippen LogP) is 2.37. The number of urea groups is 1. The van der Waals surface area contributed by atoms with Crippen molar-refractivity contribution in [1.29, 1.82) is 0 Å². The van der Waals surface area contributed by atoms with Crippen molar-refractivity contribution in [2.24, 2.45) is 23.2 Å². The summed E-state index contributed by atoms with van der Waals surface area (Å²) in [5, 5.41) is 4.71. The summed E-state index contributed by atoms with van der Waals surface area (Å²) in [6.07, 6.45) is 8.64. The highest BCUT2D eigenvalue weighted by molar-refractivity contribution is 5.95. The van der Waals surface area contributed by atoms with E-state index in [0.29, 0.717) is 13.0 Å². The maximum Gasteiger partial charge on any atom is 0.321 e. The van der Waals surface area contributed by atoms with Gasteiger partial charge in [-0.05, 0) is 68.1 Å². The first-order chi connectivity index (χ1) is 11.5. The minimum atomic E-state index is -0.581. The number of nitrogens with one attached hydrogen (secondary N) is 2. The summed E-state index contributed by atoms with van der Waals surface area (Å²) in [6.45, 7) is 2.05. The smallest absolute Gasteiger partial charge is 0.321 e. The number of imide groups is 1. The molecule has 6 heteroatoms. The number of ether oxygens (including phenoxy) is 1. The Hall–Kier alpha value is -1.59. The van der Waals surface area contributed by atoms with E-state index < -0.39 is 11.9 Å². The number of esters is 1. The molecule has 4 rings (SSSR count). The fraction of sp³-hybridized carbons (Fsp3) is 0.833. The molecule has 0 unspecified atom stereocenters. The Morgan fingerprint density at radius 1 is 1.04 bits per heavy atom. The molecule has 0 saturated heterocycles. The summed E-state index contributed by atoms with van der Waals surface area (Å²) < 4.78 is 5.12. The van der Waals surface area contributed by atoms with Gasteiger partial charge < -0.3 is 10.1 Å². The summed E-state index contributed by atoms with van der Waals surface area (Å²) in [4.78, 5) is 35.2. The van der Waals surface area contributed by atoms with Gasteiger partial charge in [0.15, 0.2) is 6.61 Å². The van der Waals surface area contributed by atoms with Gasteiger partial charge >= 0.3 is 12.0 Å². The van der Waals surface area contributed by atoms with E-state index in [-0.39, 0.29) is 18.0 Å². The lowest BCUT2D eigenvalue weighted by Crippen LogP contribution is -2.47. The van der Waals surface area contributed by atoms with Gasteiger partial charge in [-0.15, -0.1) is 0 Å². The summed E-state index contributed by atoms with van der Waals surface area (Å²) in [6, 6.07) is -0.543. The van der Waals surface area contributed by atoms with Gasteiger partial charge in [-0.1, -0.05) is 6.92 Å². The van der Waals surface area contributed by atoms with Gasteiger partial charge in [0.2, 0.25) is 0 Å². The van der Waals surface area contributed by atoms with E-state index in [1.807, 2.05) is 6.92 Å². The Labute approximate surface area is 143 Å². The van der Waals surface area contributed by atoms with Crippen LogP contribution >= 0.6 is 0 Å². The van der Waals surface area contributed by atoms with Gasteiger partial charge in [-0.3, -0.25) is 14.9 Å². The largest absolute Gasteiger partial charge is 0.456 e. The lowest BCUT2D eigenvalue weighted by atomic mass is 9.49. The number of rotatable bonds is 6. The zero-order chi connectivity index (χ0) is 17.2. The quantitative estimate of drug-likeness (QED) is 0.729. The van der Waals surface area contributed by atoms with Crippen molar-refractivity contribution < 1.29 is 19.1 Å². The Morgan fingerprint density at radius 3 is 2.17 bits per heavy atom. The third-order valence-electron chi connectivity index (χ3n) is 5.84. The van der Waals surface area contributed by atoms with Crippen molar-refractivity contribution in [2.75, 3.05) is 13.2 Å². The maximum absolute atomic E-state index is 12.2. The van der Waals surface area contributed by atoms with Crippen molar-refractivity contribution >= 4 is 17.9 Å². The summed E-state index contributed by atoms with van der Waals surface area (Å²) in [5.41, 5.74) is 0.112. The third-order valence-corrected chi connectivity index (χ3v) is 5.84. The monoisotopic (exact) mass is 336 g/mol. The molecule has 4 saturated carbocycles.